The van der Waals surface area contributed by atoms with Crippen LogP contribution in [0.2, 0.25) is 0 Å². The molecule has 0 aliphatic carbocycles. The first-order chi connectivity index (χ1) is 17.9. The topological polar surface area (TPSA) is 117 Å². The number of fused-ring (bicyclic) bond motifs is 1. The average molecular weight is 494 g/mol. The highest BCUT2D eigenvalue weighted by atomic mass is 16.2. The minimum absolute atomic E-state index is 0.145. The Morgan fingerprint density at radius 1 is 1.03 bits per heavy atom. The minimum Gasteiger partial charge on any atom is -0.325 e. The smallest absolute Gasteiger partial charge is 0.278 e. The Morgan fingerprint density at radius 3 is 2.54 bits per heavy atom. The molecule has 8 heteroatoms. The van der Waals surface area contributed by atoms with E-state index >= 15 is 0 Å². The zero-order chi connectivity index (χ0) is 26.5. The van der Waals surface area contributed by atoms with E-state index in [1.165, 1.54) is 4.57 Å². The molecule has 1 aromatic heterocycles. The van der Waals surface area contributed by atoms with Crippen LogP contribution in [-0.4, -0.2) is 21.4 Å². The normalized spacial score (nSPS) is 11.5. The SMILES string of the molecule is CCC(=O)Nc1ccc(C)cc1-c1nc2ccccc2n([C@@H](CC)C(=O)Nc2cccc(C#N)c2)c1=O. The molecular formula is C29H27N5O3. The number of carbonyl (C=O) groups is 2. The molecule has 0 spiro atoms. The second kappa shape index (κ2) is 10.9. The van der Waals surface area contributed by atoms with Gasteiger partial charge >= 0.3 is 0 Å². The van der Waals surface area contributed by atoms with Gasteiger partial charge in [0.25, 0.3) is 5.56 Å². The molecule has 0 bridgehead atoms. The largest absolute Gasteiger partial charge is 0.325 e. The zero-order valence-corrected chi connectivity index (χ0v) is 20.9. The fourth-order valence-corrected chi connectivity index (χ4v) is 4.22. The fourth-order valence-electron chi connectivity index (χ4n) is 4.22. The first-order valence-electron chi connectivity index (χ1n) is 12.1. The molecule has 0 fully saturated rings. The zero-order valence-electron chi connectivity index (χ0n) is 20.9. The second-order valence-corrected chi connectivity index (χ2v) is 8.68. The van der Waals surface area contributed by atoms with Crippen LogP contribution in [0.3, 0.4) is 0 Å². The maximum Gasteiger partial charge on any atom is 0.278 e. The molecular weight excluding hydrogens is 466 g/mol. The molecule has 0 saturated carbocycles. The van der Waals surface area contributed by atoms with E-state index in [-0.39, 0.29) is 23.9 Å². The molecule has 186 valence electrons. The third-order valence-electron chi connectivity index (χ3n) is 6.08. The Labute approximate surface area is 214 Å². The lowest BCUT2D eigenvalue weighted by atomic mass is 10.0. The van der Waals surface area contributed by atoms with Gasteiger partial charge in [0.05, 0.1) is 28.4 Å². The van der Waals surface area contributed by atoms with Crippen molar-refractivity contribution in [2.75, 3.05) is 10.6 Å². The lowest BCUT2D eigenvalue weighted by Crippen LogP contribution is -2.34. The number of benzene rings is 3. The summed E-state index contributed by atoms with van der Waals surface area (Å²) in [4.78, 5) is 44.3. The molecule has 2 N–H and O–H groups in total. The van der Waals surface area contributed by atoms with Gasteiger partial charge in [-0.2, -0.15) is 5.26 Å². The predicted molar refractivity (Wildman–Crippen MR) is 144 cm³/mol. The number of nitriles is 1. The van der Waals surface area contributed by atoms with Crippen molar-refractivity contribution in [3.05, 3.63) is 88.2 Å². The number of rotatable bonds is 7. The highest BCUT2D eigenvalue weighted by Gasteiger charge is 2.25. The maximum absolute atomic E-state index is 14.0. The summed E-state index contributed by atoms with van der Waals surface area (Å²) in [6, 6.07) is 20.4. The highest BCUT2D eigenvalue weighted by Crippen LogP contribution is 2.29. The summed E-state index contributed by atoms with van der Waals surface area (Å²) >= 11 is 0. The quantitative estimate of drug-likeness (QED) is 0.368. The van der Waals surface area contributed by atoms with Crippen molar-refractivity contribution in [1.82, 2.24) is 9.55 Å². The molecule has 0 aliphatic rings. The fraction of sp³-hybridized carbons (Fsp3) is 0.207. The number of aryl methyl sites for hydroxylation is 1. The number of amides is 2. The van der Waals surface area contributed by atoms with E-state index < -0.39 is 11.6 Å². The maximum atomic E-state index is 14.0. The molecule has 37 heavy (non-hydrogen) atoms. The third kappa shape index (κ3) is 5.26. The molecule has 1 atom stereocenters. The van der Waals surface area contributed by atoms with E-state index in [0.29, 0.717) is 40.0 Å². The third-order valence-corrected chi connectivity index (χ3v) is 6.08. The number of para-hydroxylation sites is 2. The summed E-state index contributed by atoms with van der Waals surface area (Å²) in [5, 5.41) is 14.9. The van der Waals surface area contributed by atoms with Crippen molar-refractivity contribution in [2.45, 2.75) is 39.7 Å². The number of carbonyl (C=O) groups excluding carboxylic acids is 2. The van der Waals surface area contributed by atoms with Crippen molar-refractivity contribution < 1.29 is 9.59 Å². The molecule has 8 nitrogen and oxygen atoms in total. The van der Waals surface area contributed by atoms with Gasteiger partial charge in [-0.1, -0.05) is 43.7 Å². The molecule has 4 aromatic rings. The number of anilines is 2. The standard InChI is InChI=1S/C29H27N5O3/c1-4-24(28(36)31-20-10-8-9-19(16-20)17-30)34-25-12-7-6-11-23(25)33-27(29(34)37)21-15-18(3)13-14-22(21)32-26(35)5-2/h6-16,24H,4-5H2,1-3H3,(H,31,36)(H,32,35)/t24-/m0/s1. The van der Waals surface area contributed by atoms with Crippen LogP contribution >= 0.6 is 0 Å². The van der Waals surface area contributed by atoms with Gasteiger partial charge in [-0.15, -0.1) is 0 Å². The van der Waals surface area contributed by atoms with Crippen LogP contribution < -0.4 is 16.2 Å². The Morgan fingerprint density at radius 2 is 1.81 bits per heavy atom. The Bertz CT molecular complexity index is 1600. The van der Waals surface area contributed by atoms with Gasteiger partial charge in [0.2, 0.25) is 11.8 Å². The molecule has 2 amide bonds. The van der Waals surface area contributed by atoms with Crippen molar-refractivity contribution in [3.8, 4) is 17.3 Å². The molecule has 1 heterocycles. The summed E-state index contributed by atoms with van der Waals surface area (Å²) in [5.74, 6) is -0.567. The Kier molecular flexibility index (Phi) is 7.44. The molecule has 0 radical (unpaired) electrons. The molecule has 3 aromatic carbocycles. The van der Waals surface area contributed by atoms with Crippen LogP contribution in [0.4, 0.5) is 11.4 Å². The van der Waals surface area contributed by atoms with Crippen LogP contribution in [0.25, 0.3) is 22.3 Å². The first kappa shape index (κ1) is 25.3. The Hall–Kier alpha value is -4.77. The van der Waals surface area contributed by atoms with Gasteiger partial charge in [0.15, 0.2) is 0 Å². The molecule has 0 saturated heterocycles. The van der Waals surface area contributed by atoms with E-state index in [4.69, 9.17) is 0 Å². The van der Waals surface area contributed by atoms with Crippen molar-refractivity contribution >= 4 is 34.2 Å². The Balaban J connectivity index is 1.89. The summed E-state index contributed by atoms with van der Waals surface area (Å²) in [6.45, 7) is 5.48. The van der Waals surface area contributed by atoms with Gasteiger partial charge in [-0.3, -0.25) is 19.0 Å². The van der Waals surface area contributed by atoms with Crippen LogP contribution in [0.15, 0.2) is 71.5 Å². The molecule has 0 aliphatic heterocycles. The lowest BCUT2D eigenvalue weighted by Gasteiger charge is -2.21. The summed E-state index contributed by atoms with van der Waals surface area (Å²) in [6.07, 6.45) is 0.623. The number of nitrogens with zero attached hydrogens (tertiary/aromatic N) is 3. The minimum atomic E-state index is -0.844. The van der Waals surface area contributed by atoms with Gasteiger partial charge in [0.1, 0.15) is 11.7 Å². The van der Waals surface area contributed by atoms with E-state index in [0.717, 1.165) is 5.56 Å². The van der Waals surface area contributed by atoms with Crippen LogP contribution in [0.5, 0.6) is 0 Å². The van der Waals surface area contributed by atoms with E-state index in [1.807, 2.05) is 32.0 Å². The second-order valence-electron chi connectivity index (χ2n) is 8.68. The van der Waals surface area contributed by atoms with Gasteiger partial charge in [-0.25, -0.2) is 4.98 Å². The highest BCUT2D eigenvalue weighted by molar-refractivity contribution is 5.97. The summed E-state index contributed by atoms with van der Waals surface area (Å²) in [5.41, 5.74) is 3.53. The van der Waals surface area contributed by atoms with Crippen LogP contribution in [0, 0.1) is 18.3 Å². The lowest BCUT2D eigenvalue weighted by molar-refractivity contribution is -0.119. The van der Waals surface area contributed by atoms with Gasteiger partial charge in [-0.05, 0) is 55.8 Å². The monoisotopic (exact) mass is 493 g/mol. The average Bonchev–Trinajstić information content (AvgIpc) is 2.91. The van der Waals surface area contributed by atoms with Gasteiger partial charge in [0, 0.05) is 17.7 Å². The van der Waals surface area contributed by atoms with Crippen molar-refractivity contribution in [1.29, 1.82) is 5.26 Å². The number of nitrogens with one attached hydrogen (secondary N) is 2. The molecule has 0 unspecified atom stereocenters. The van der Waals surface area contributed by atoms with Crippen LogP contribution in [0.1, 0.15) is 43.9 Å². The number of hydrogen-bond acceptors (Lipinski definition) is 5. The molecule has 4 rings (SSSR count). The van der Waals surface area contributed by atoms with E-state index in [1.54, 1.807) is 55.5 Å². The number of hydrogen-bond donors (Lipinski definition) is 2. The number of aromatic nitrogens is 2. The first-order valence-corrected chi connectivity index (χ1v) is 12.1. The van der Waals surface area contributed by atoms with E-state index in [9.17, 15) is 19.6 Å². The van der Waals surface area contributed by atoms with E-state index in [2.05, 4.69) is 21.7 Å². The summed E-state index contributed by atoms with van der Waals surface area (Å²) < 4.78 is 1.47. The summed E-state index contributed by atoms with van der Waals surface area (Å²) in [7, 11) is 0. The van der Waals surface area contributed by atoms with Crippen molar-refractivity contribution in [3.63, 3.8) is 0 Å². The van der Waals surface area contributed by atoms with Gasteiger partial charge < -0.3 is 10.6 Å². The van der Waals surface area contributed by atoms with Crippen LogP contribution in [-0.2, 0) is 9.59 Å². The van der Waals surface area contributed by atoms with Crippen molar-refractivity contribution in [2.24, 2.45) is 0 Å². The predicted octanol–water partition coefficient (Wildman–Crippen LogP) is 5.18.